The van der Waals surface area contributed by atoms with Crippen molar-refractivity contribution in [2.24, 2.45) is 0 Å². The van der Waals surface area contributed by atoms with E-state index in [0.717, 1.165) is 5.56 Å². The molecule has 0 aliphatic carbocycles. The Balaban J connectivity index is 1.56. The molecule has 1 fully saturated rings. The first-order valence-electron chi connectivity index (χ1n) is 10.9. The second kappa shape index (κ2) is 9.60. The topological polar surface area (TPSA) is 108 Å². The van der Waals surface area contributed by atoms with Gasteiger partial charge in [0.25, 0.3) is 17.6 Å². The lowest BCUT2D eigenvalue weighted by atomic mass is 10.1. The molecule has 0 unspecified atom stereocenters. The third kappa shape index (κ3) is 4.49. The third-order valence-electron chi connectivity index (χ3n) is 6.02. The normalized spacial score (nSPS) is 16.5. The monoisotopic (exact) mass is 467 g/mol. The van der Waals surface area contributed by atoms with Gasteiger partial charge in [0.05, 0.1) is 12.7 Å². The number of fused-ring (bicyclic) bond motifs is 1. The molecule has 10 heteroatoms. The number of carbonyl (C=O) groups is 3. The summed E-state index contributed by atoms with van der Waals surface area (Å²) in [5, 5.41) is 2.69. The van der Waals surface area contributed by atoms with Gasteiger partial charge in [0.15, 0.2) is 0 Å². The zero-order valence-corrected chi connectivity index (χ0v) is 19.2. The molecule has 2 amide bonds. The molecule has 2 N–H and O–H groups in total. The average molecular weight is 468 g/mol. The van der Waals surface area contributed by atoms with Gasteiger partial charge in [-0.2, -0.15) is 4.98 Å². The van der Waals surface area contributed by atoms with Gasteiger partial charge < -0.3 is 19.9 Å². The van der Waals surface area contributed by atoms with Crippen LogP contribution in [0.15, 0.2) is 36.5 Å². The van der Waals surface area contributed by atoms with Crippen molar-refractivity contribution < 1.29 is 23.5 Å². The number of carbonyl (C=O) groups excluding carboxylic acids is 3. The number of nitrogens with zero attached hydrogens (tertiary/aromatic N) is 3. The third-order valence-corrected chi connectivity index (χ3v) is 6.02. The van der Waals surface area contributed by atoms with Crippen molar-refractivity contribution >= 4 is 28.6 Å². The van der Waals surface area contributed by atoms with Crippen LogP contribution in [-0.4, -0.2) is 77.2 Å². The zero-order valence-electron chi connectivity index (χ0n) is 19.2. The number of amides is 2. The van der Waals surface area contributed by atoms with E-state index in [9.17, 15) is 18.8 Å². The molecule has 2 aromatic heterocycles. The van der Waals surface area contributed by atoms with Crippen molar-refractivity contribution in [3.63, 3.8) is 0 Å². The van der Waals surface area contributed by atoms with Crippen LogP contribution >= 0.6 is 0 Å². The second-order valence-electron chi connectivity index (χ2n) is 8.26. The Morgan fingerprint density at radius 1 is 1.21 bits per heavy atom. The number of hydrogen-bond acceptors (Lipinski definition) is 6. The highest BCUT2D eigenvalue weighted by Crippen LogP contribution is 2.27. The summed E-state index contributed by atoms with van der Waals surface area (Å²) in [6.45, 7) is 4.41. The number of halogens is 1. The summed E-state index contributed by atoms with van der Waals surface area (Å²) in [6.07, 6.45) is 1.40. The molecule has 0 spiro atoms. The largest absolute Gasteiger partial charge is 0.480 e. The first-order chi connectivity index (χ1) is 16.3. The maximum atomic E-state index is 13.5. The fourth-order valence-electron chi connectivity index (χ4n) is 4.24. The molecule has 9 nitrogen and oxygen atoms in total. The first-order valence-corrected chi connectivity index (χ1v) is 10.9. The van der Waals surface area contributed by atoms with Crippen LogP contribution in [0.2, 0.25) is 0 Å². The van der Waals surface area contributed by atoms with Crippen molar-refractivity contribution in [1.29, 1.82) is 0 Å². The Bertz CT molecular complexity index is 1240. The van der Waals surface area contributed by atoms with E-state index in [-0.39, 0.29) is 34.8 Å². The van der Waals surface area contributed by atoms with Gasteiger partial charge in [-0.25, -0.2) is 4.39 Å². The number of aromatic amines is 1. The molecule has 1 aromatic carbocycles. The quantitative estimate of drug-likeness (QED) is 0.424. The number of Topliss-reactive ketones (excluding diaryl/α,β-unsaturated/α-hetero) is 1. The molecule has 0 saturated carbocycles. The molecular weight excluding hydrogens is 441 g/mol. The Morgan fingerprint density at radius 3 is 2.59 bits per heavy atom. The molecule has 4 rings (SSSR count). The lowest BCUT2D eigenvalue weighted by molar-refractivity contribution is -0.116. The van der Waals surface area contributed by atoms with E-state index in [1.165, 1.54) is 32.5 Å². The molecule has 34 heavy (non-hydrogen) atoms. The van der Waals surface area contributed by atoms with Crippen LogP contribution in [0.1, 0.15) is 33.2 Å². The fraction of sp³-hybridized carbons (Fsp3) is 0.333. The van der Waals surface area contributed by atoms with Crippen molar-refractivity contribution in [3.05, 3.63) is 59.0 Å². The molecule has 1 atom stereocenters. The van der Waals surface area contributed by atoms with Crippen LogP contribution in [0.25, 0.3) is 11.0 Å². The summed E-state index contributed by atoms with van der Waals surface area (Å²) in [5.74, 6) is -1.87. The molecule has 178 valence electrons. The summed E-state index contributed by atoms with van der Waals surface area (Å²) in [7, 11) is 2.80. The SMILES string of the molecule is CNC(=O)C(=O)c1c[nH]c2nc(OC)c(C(=O)N3CCN(Cc4ccc(F)cc4)C[C@H]3C)cc12. The van der Waals surface area contributed by atoms with Gasteiger partial charge in [0.1, 0.15) is 17.0 Å². The number of rotatable bonds is 6. The number of piperazine rings is 1. The highest BCUT2D eigenvalue weighted by Gasteiger charge is 2.31. The molecule has 0 bridgehead atoms. The summed E-state index contributed by atoms with van der Waals surface area (Å²) in [5.41, 5.74) is 1.71. The Morgan fingerprint density at radius 2 is 1.94 bits per heavy atom. The summed E-state index contributed by atoms with van der Waals surface area (Å²) in [4.78, 5) is 49.0. The smallest absolute Gasteiger partial charge is 0.292 e. The maximum absolute atomic E-state index is 13.5. The Kier molecular flexibility index (Phi) is 6.60. The van der Waals surface area contributed by atoms with Crippen LogP contribution in [0.5, 0.6) is 5.88 Å². The molecule has 0 radical (unpaired) electrons. The molecule has 1 saturated heterocycles. The number of methoxy groups -OCH3 is 1. The minimum absolute atomic E-state index is 0.0969. The average Bonchev–Trinajstić information content (AvgIpc) is 3.26. The summed E-state index contributed by atoms with van der Waals surface area (Å²) >= 11 is 0. The number of ether oxygens (including phenoxy) is 1. The predicted octanol–water partition coefficient (Wildman–Crippen LogP) is 1.99. The number of pyridine rings is 1. The standard InChI is InChI=1S/C24H26FN5O4/c1-14-12-29(13-15-4-6-16(25)7-5-15)8-9-30(14)24(33)18-10-17-19(20(31)22(32)26-2)11-27-21(17)28-23(18)34-3/h4-7,10-11,14H,8-9,12-13H2,1-3H3,(H,26,32)(H,27,28)/t14-/m1/s1. The number of hydrogen-bond donors (Lipinski definition) is 2. The van der Waals surface area contributed by atoms with Gasteiger partial charge in [-0.3, -0.25) is 19.3 Å². The molecule has 3 heterocycles. The highest BCUT2D eigenvalue weighted by atomic mass is 19.1. The van der Waals surface area contributed by atoms with Gasteiger partial charge in [0, 0.05) is 50.9 Å². The lowest BCUT2D eigenvalue weighted by Crippen LogP contribution is -2.53. The van der Waals surface area contributed by atoms with Gasteiger partial charge in [0.2, 0.25) is 5.88 Å². The van der Waals surface area contributed by atoms with Crippen LogP contribution in [-0.2, 0) is 11.3 Å². The van der Waals surface area contributed by atoms with E-state index in [1.54, 1.807) is 23.1 Å². The molecule has 3 aromatic rings. The van der Waals surface area contributed by atoms with Gasteiger partial charge in [-0.1, -0.05) is 12.1 Å². The number of ketones is 1. The summed E-state index contributed by atoms with van der Waals surface area (Å²) in [6, 6.07) is 7.86. The Hall–Kier alpha value is -3.79. The van der Waals surface area contributed by atoms with Crippen molar-refractivity contribution in [3.8, 4) is 5.88 Å². The minimum Gasteiger partial charge on any atom is -0.480 e. The predicted molar refractivity (Wildman–Crippen MR) is 123 cm³/mol. The van der Waals surface area contributed by atoms with Crippen LogP contribution in [0.4, 0.5) is 4.39 Å². The van der Waals surface area contributed by atoms with Crippen LogP contribution < -0.4 is 10.1 Å². The molecule has 1 aliphatic heterocycles. The number of aromatic nitrogens is 2. The van der Waals surface area contributed by atoms with Crippen molar-refractivity contribution in [1.82, 2.24) is 25.1 Å². The van der Waals surface area contributed by atoms with Crippen molar-refractivity contribution in [2.75, 3.05) is 33.8 Å². The van der Waals surface area contributed by atoms with E-state index in [0.29, 0.717) is 37.2 Å². The summed E-state index contributed by atoms with van der Waals surface area (Å²) < 4.78 is 18.5. The number of likely N-dealkylation sites (N-methyl/N-ethyl adjacent to an activating group) is 1. The minimum atomic E-state index is -0.754. The van der Waals surface area contributed by atoms with Crippen LogP contribution in [0, 0.1) is 5.82 Å². The van der Waals surface area contributed by atoms with Gasteiger partial charge in [-0.15, -0.1) is 0 Å². The first kappa shape index (κ1) is 23.4. The number of nitrogens with one attached hydrogen (secondary N) is 2. The Labute approximate surface area is 195 Å². The maximum Gasteiger partial charge on any atom is 0.292 e. The number of H-pyrrole nitrogens is 1. The highest BCUT2D eigenvalue weighted by molar-refractivity contribution is 6.44. The van der Waals surface area contributed by atoms with Crippen molar-refractivity contribution in [2.45, 2.75) is 19.5 Å². The lowest BCUT2D eigenvalue weighted by Gasteiger charge is -2.40. The second-order valence-corrected chi connectivity index (χ2v) is 8.26. The molecular formula is C24H26FN5O4. The van der Waals surface area contributed by atoms with E-state index < -0.39 is 11.7 Å². The van der Waals surface area contributed by atoms with Crippen LogP contribution in [0.3, 0.4) is 0 Å². The van der Waals surface area contributed by atoms with E-state index in [1.807, 2.05) is 6.92 Å². The van der Waals surface area contributed by atoms with Gasteiger partial charge in [-0.05, 0) is 30.7 Å². The van der Waals surface area contributed by atoms with E-state index >= 15 is 0 Å². The molecule has 1 aliphatic rings. The fourth-order valence-corrected chi connectivity index (χ4v) is 4.24. The number of benzene rings is 1. The zero-order chi connectivity index (χ0) is 24.4. The van der Waals surface area contributed by atoms with E-state index in [2.05, 4.69) is 20.2 Å². The van der Waals surface area contributed by atoms with E-state index in [4.69, 9.17) is 4.74 Å². The van der Waals surface area contributed by atoms with Gasteiger partial charge >= 0.3 is 0 Å².